The highest BCUT2D eigenvalue weighted by atomic mass is 79.9. The van der Waals surface area contributed by atoms with Gasteiger partial charge in [-0.2, -0.15) is 0 Å². The van der Waals surface area contributed by atoms with E-state index in [0.29, 0.717) is 17.7 Å². The predicted octanol–water partition coefficient (Wildman–Crippen LogP) is 4.39. The summed E-state index contributed by atoms with van der Waals surface area (Å²) in [6, 6.07) is 12.9. The van der Waals surface area contributed by atoms with Crippen LogP contribution in [0.25, 0.3) is 0 Å². The third-order valence-electron chi connectivity index (χ3n) is 2.80. The zero-order valence-corrected chi connectivity index (χ0v) is 12.5. The molecule has 0 spiro atoms. The summed E-state index contributed by atoms with van der Waals surface area (Å²) in [5.74, 6) is 0.789. The van der Waals surface area contributed by atoms with Crippen LogP contribution >= 0.6 is 15.9 Å². The normalized spacial score (nSPS) is 10.3. The summed E-state index contributed by atoms with van der Waals surface area (Å²) in [6.07, 6.45) is 0. The number of aryl methyl sites for hydroxylation is 1. The van der Waals surface area contributed by atoms with Crippen LogP contribution in [-0.2, 0) is 0 Å². The molecule has 0 saturated carbocycles. The van der Waals surface area contributed by atoms with E-state index in [2.05, 4.69) is 15.9 Å². The summed E-state index contributed by atoms with van der Waals surface area (Å²) in [5.41, 5.74) is 2.46. The van der Waals surface area contributed by atoms with Crippen molar-refractivity contribution >= 4 is 21.7 Å². The molecule has 2 aromatic carbocycles. The number of benzene rings is 2. The lowest BCUT2D eigenvalue weighted by molar-refractivity contribution is 0.103. The third kappa shape index (κ3) is 3.24. The number of carbonyl (C=O) groups excluding carboxylic acids is 1. The van der Waals surface area contributed by atoms with Gasteiger partial charge >= 0.3 is 0 Å². The summed E-state index contributed by atoms with van der Waals surface area (Å²) in [7, 11) is 0. The van der Waals surface area contributed by atoms with Gasteiger partial charge < -0.3 is 4.74 Å². The second-order valence-corrected chi connectivity index (χ2v) is 5.12. The van der Waals surface area contributed by atoms with Crippen LogP contribution in [0.15, 0.2) is 46.9 Å². The Morgan fingerprint density at radius 1 is 1.16 bits per heavy atom. The molecule has 19 heavy (non-hydrogen) atoms. The summed E-state index contributed by atoms with van der Waals surface area (Å²) >= 11 is 3.44. The number of halogens is 1. The standard InChI is InChI=1S/C16H15BrO2/c1-3-19-13-7-5-12(6-8-13)16(18)14-9-4-11(2)10-15(14)17/h4-10H,3H2,1-2H3. The highest BCUT2D eigenvalue weighted by Crippen LogP contribution is 2.22. The van der Waals surface area contributed by atoms with Gasteiger partial charge in [0.1, 0.15) is 5.75 Å². The van der Waals surface area contributed by atoms with Crippen LogP contribution < -0.4 is 4.74 Å². The van der Waals surface area contributed by atoms with Gasteiger partial charge in [-0.15, -0.1) is 0 Å². The van der Waals surface area contributed by atoms with E-state index in [1.54, 1.807) is 12.1 Å². The molecule has 0 saturated heterocycles. The smallest absolute Gasteiger partial charge is 0.194 e. The van der Waals surface area contributed by atoms with Gasteiger partial charge in [-0.1, -0.05) is 22.0 Å². The minimum atomic E-state index is 0.00919. The maximum atomic E-state index is 12.4. The van der Waals surface area contributed by atoms with Crippen molar-refractivity contribution in [2.75, 3.05) is 6.61 Å². The van der Waals surface area contributed by atoms with Crippen LogP contribution in [0.1, 0.15) is 28.4 Å². The molecule has 2 aromatic rings. The molecule has 0 radical (unpaired) electrons. The predicted molar refractivity (Wildman–Crippen MR) is 79.9 cm³/mol. The van der Waals surface area contributed by atoms with Gasteiger partial charge in [0.25, 0.3) is 0 Å². The zero-order valence-electron chi connectivity index (χ0n) is 10.9. The van der Waals surface area contributed by atoms with Crippen molar-refractivity contribution in [1.82, 2.24) is 0 Å². The fraction of sp³-hybridized carbons (Fsp3) is 0.188. The van der Waals surface area contributed by atoms with E-state index in [4.69, 9.17) is 4.74 Å². The van der Waals surface area contributed by atoms with E-state index in [9.17, 15) is 4.79 Å². The molecule has 2 rings (SSSR count). The number of hydrogen-bond donors (Lipinski definition) is 0. The molecule has 0 fully saturated rings. The Kier molecular flexibility index (Phi) is 4.38. The summed E-state index contributed by atoms with van der Waals surface area (Å²) in [4.78, 5) is 12.4. The molecule has 2 nitrogen and oxygen atoms in total. The first-order valence-corrected chi connectivity index (χ1v) is 6.95. The Morgan fingerprint density at radius 3 is 2.42 bits per heavy atom. The number of ketones is 1. The van der Waals surface area contributed by atoms with Crippen molar-refractivity contribution in [3.05, 3.63) is 63.6 Å². The number of hydrogen-bond acceptors (Lipinski definition) is 2. The molecule has 0 bridgehead atoms. The van der Waals surface area contributed by atoms with E-state index >= 15 is 0 Å². The number of ether oxygens (including phenoxy) is 1. The highest BCUT2D eigenvalue weighted by molar-refractivity contribution is 9.10. The van der Waals surface area contributed by atoms with Crippen LogP contribution in [-0.4, -0.2) is 12.4 Å². The molecule has 98 valence electrons. The first kappa shape index (κ1) is 13.8. The van der Waals surface area contributed by atoms with E-state index in [0.717, 1.165) is 15.8 Å². The molecule has 0 aliphatic heterocycles. The van der Waals surface area contributed by atoms with E-state index < -0.39 is 0 Å². The lowest BCUT2D eigenvalue weighted by atomic mass is 10.0. The van der Waals surface area contributed by atoms with Gasteiger partial charge in [0.05, 0.1) is 6.61 Å². The Bertz CT molecular complexity index is 588. The number of carbonyl (C=O) groups is 1. The summed E-state index contributed by atoms with van der Waals surface area (Å²) in [6.45, 7) is 4.55. The minimum absolute atomic E-state index is 0.00919. The van der Waals surface area contributed by atoms with Gasteiger partial charge in [0, 0.05) is 15.6 Å². The lowest BCUT2D eigenvalue weighted by Crippen LogP contribution is -2.02. The van der Waals surface area contributed by atoms with Crippen molar-refractivity contribution in [1.29, 1.82) is 0 Å². The van der Waals surface area contributed by atoms with Crippen molar-refractivity contribution in [3.8, 4) is 5.75 Å². The Balaban J connectivity index is 2.28. The lowest BCUT2D eigenvalue weighted by Gasteiger charge is -2.06. The van der Waals surface area contributed by atoms with Gasteiger partial charge in [0.15, 0.2) is 5.78 Å². The Labute approximate surface area is 121 Å². The van der Waals surface area contributed by atoms with E-state index in [1.807, 2.05) is 44.2 Å². The zero-order chi connectivity index (χ0) is 13.8. The second-order valence-electron chi connectivity index (χ2n) is 4.27. The maximum Gasteiger partial charge on any atom is 0.194 e. The van der Waals surface area contributed by atoms with Crippen molar-refractivity contribution < 1.29 is 9.53 Å². The first-order valence-electron chi connectivity index (χ1n) is 6.15. The van der Waals surface area contributed by atoms with Crippen molar-refractivity contribution in [2.45, 2.75) is 13.8 Å². The molecule has 0 unspecified atom stereocenters. The molecule has 0 aliphatic rings. The number of rotatable bonds is 4. The summed E-state index contributed by atoms with van der Waals surface area (Å²) in [5, 5.41) is 0. The van der Waals surface area contributed by atoms with Crippen molar-refractivity contribution in [2.24, 2.45) is 0 Å². The molecule has 0 amide bonds. The van der Waals surface area contributed by atoms with Crippen molar-refractivity contribution in [3.63, 3.8) is 0 Å². The monoisotopic (exact) mass is 318 g/mol. The molecule has 0 heterocycles. The molecule has 0 atom stereocenters. The molecule has 3 heteroatoms. The third-order valence-corrected chi connectivity index (χ3v) is 3.45. The minimum Gasteiger partial charge on any atom is -0.494 e. The average molecular weight is 319 g/mol. The molecule has 0 N–H and O–H groups in total. The van der Waals surface area contributed by atoms with Gasteiger partial charge in [-0.25, -0.2) is 0 Å². The Morgan fingerprint density at radius 2 is 1.84 bits per heavy atom. The Hall–Kier alpha value is -1.61. The van der Waals surface area contributed by atoms with Crippen LogP contribution in [0.2, 0.25) is 0 Å². The highest BCUT2D eigenvalue weighted by Gasteiger charge is 2.12. The fourth-order valence-corrected chi connectivity index (χ4v) is 2.50. The average Bonchev–Trinajstić information content (AvgIpc) is 2.39. The first-order chi connectivity index (χ1) is 9.11. The largest absolute Gasteiger partial charge is 0.494 e. The van der Waals surface area contributed by atoms with Crippen LogP contribution in [0, 0.1) is 6.92 Å². The molecule has 0 aromatic heterocycles. The van der Waals surface area contributed by atoms with E-state index in [1.165, 1.54) is 0 Å². The topological polar surface area (TPSA) is 26.3 Å². The van der Waals surface area contributed by atoms with Crippen LogP contribution in [0.3, 0.4) is 0 Å². The molecular weight excluding hydrogens is 304 g/mol. The molecule has 0 aliphatic carbocycles. The quantitative estimate of drug-likeness (QED) is 0.782. The molecular formula is C16H15BrO2. The SMILES string of the molecule is CCOc1ccc(C(=O)c2ccc(C)cc2Br)cc1. The summed E-state index contributed by atoms with van der Waals surface area (Å²) < 4.78 is 6.19. The maximum absolute atomic E-state index is 12.4. The van der Waals surface area contributed by atoms with Gasteiger partial charge in [0.2, 0.25) is 0 Å². The van der Waals surface area contributed by atoms with E-state index in [-0.39, 0.29) is 5.78 Å². The van der Waals surface area contributed by atoms with Gasteiger partial charge in [-0.05, 0) is 55.8 Å². The van der Waals surface area contributed by atoms with Gasteiger partial charge in [-0.3, -0.25) is 4.79 Å². The van der Waals surface area contributed by atoms with Crippen LogP contribution in [0.5, 0.6) is 5.75 Å². The second kappa shape index (κ2) is 6.02. The van der Waals surface area contributed by atoms with Crippen LogP contribution in [0.4, 0.5) is 0 Å². The fourth-order valence-electron chi connectivity index (χ4n) is 1.83.